The Morgan fingerprint density at radius 3 is 2.57 bits per heavy atom. The second-order valence-corrected chi connectivity index (χ2v) is 8.33. The normalized spacial score (nSPS) is 15.3. The van der Waals surface area contributed by atoms with E-state index in [2.05, 4.69) is 38.5 Å². The molecule has 2 aromatic heterocycles. The van der Waals surface area contributed by atoms with Gasteiger partial charge in [0.05, 0.1) is 40.6 Å². The highest BCUT2D eigenvalue weighted by molar-refractivity contribution is 7.13. The summed E-state index contributed by atoms with van der Waals surface area (Å²) in [6, 6.07) is 12.3. The lowest BCUT2D eigenvalue weighted by Crippen LogP contribution is -2.47. The van der Waals surface area contributed by atoms with Crippen molar-refractivity contribution in [3.05, 3.63) is 58.6 Å². The van der Waals surface area contributed by atoms with E-state index in [0.29, 0.717) is 6.54 Å². The van der Waals surface area contributed by atoms with E-state index in [0.717, 1.165) is 55.5 Å². The maximum atomic E-state index is 9.34. The summed E-state index contributed by atoms with van der Waals surface area (Å²) in [5.41, 5.74) is 3.54. The molecule has 0 radical (unpaired) electrons. The van der Waals surface area contributed by atoms with Gasteiger partial charge >= 0.3 is 0 Å². The number of nitrogens with zero attached hydrogens (tertiary/aromatic N) is 4. The summed E-state index contributed by atoms with van der Waals surface area (Å²) in [7, 11) is 0. The third-order valence-corrected chi connectivity index (χ3v) is 6.44. The number of hydrogen-bond donors (Lipinski definition) is 1. The van der Waals surface area contributed by atoms with Gasteiger partial charge in [-0.2, -0.15) is 5.10 Å². The summed E-state index contributed by atoms with van der Waals surface area (Å²) in [6.07, 6.45) is 2.93. The van der Waals surface area contributed by atoms with Crippen molar-refractivity contribution < 1.29 is 5.11 Å². The van der Waals surface area contributed by atoms with E-state index in [1.165, 1.54) is 10.4 Å². The molecule has 4 rings (SSSR count). The lowest BCUT2D eigenvalue weighted by atomic mass is 10.1. The first-order valence-electron chi connectivity index (χ1n) is 9.67. The van der Waals surface area contributed by atoms with Crippen LogP contribution >= 0.6 is 22.9 Å². The molecule has 0 bridgehead atoms. The number of halogens is 1. The number of benzene rings is 1. The number of aromatic nitrogens is 2. The van der Waals surface area contributed by atoms with Gasteiger partial charge in [-0.1, -0.05) is 29.8 Å². The zero-order valence-electron chi connectivity index (χ0n) is 15.8. The predicted octanol–water partition coefficient (Wildman–Crippen LogP) is 3.62. The molecule has 1 saturated heterocycles. The molecule has 28 heavy (non-hydrogen) atoms. The Morgan fingerprint density at radius 2 is 1.86 bits per heavy atom. The Kier molecular flexibility index (Phi) is 6.32. The molecule has 3 heterocycles. The molecule has 7 heteroatoms. The summed E-state index contributed by atoms with van der Waals surface area (Å²) in [5.74, 6) is 0. The lowest BCUT2D eigenvalue weighted by molar-refractivity contribution is 0.261. The number of aliphatic hydroxyl groups excluding tert-OH is 1. The largest absolute Gasteiger partial charge is 0.394 e. The van der Waals surface area contributed by atoms with Crippen LogP contribution in [0.25, 0.3) is 10.6 Å². The standard InChI is InChI=1S/C21H25ClN4OS/c22-18-4-1-2-5-19(18)25-11-9-24(10-12-25)8-7-17-16-23-26(13-14-27)21(17)20-6-3-15-28-20/h1-6,15-16,27H,7-14H2. The summed E-state index contributed by atoms with van der Waals surface area (Å²) in [5, 5.41) is 16.8. The minimum Gasteiger partial charge on any atom is -0.394 e. The highest BCUT2D eigenvalue weighted by Gasteiger charge is 2.20. The zero-order valence-corrected chi connectivity index (χ0v) is 17.4. The van der Waals surface area contributed by atoms with Gasteiger partial charge in [-0.15, -0.1) is 11.3 Å². The molecular formula is C21H25ClN4OS. The summed E-state index contributed by atoms with van der Waals surface area (Å²) < 4.78 is 1.93. The van der Waals surface area contributed by atoms with Crippen LogP contribution in [0.5, 0.6) is 0 Å². The van der Waals surface area contributed by atoms with Crippen molar-refractivity contribution in [1.29, 1.82) is 0 Å². The smallest absolute Gasteiger partial charge is 0.0815 e. The molecule has 1 N–H and O–H groups in total. The van der Waals surface area contributed by atoms with E-state index in [9.17, 15) is 5.11 Å². The van der Waals surface area contributed by atoms with Crippen molar-refractivity contribution in [2.75, 3.05) is 44.2 Å². The number of anilines is 1. The van der Waals surface area contributed by atoms with E-state index in [4.69, 9.17) is 11.6 Å². The topological polar surface area (TPSA) is 44.5 Å². The fourth-order valence-electron chi connectivity index (χ4n) is 3.77. The second kappa shape index (κ2) is 9.09. The molecule has 3 aromatic rings. The number of para-hydroxylation sites is 1. The van der Waals surface area contributed by atoms with Crippen molar-refractivity contribution in [2.45, 2.75) is 13.0 Å². The molecule has 1 aromatic carbocycles. The van der Waals surface area contributed by atoms with Crippen LogP contribution in [-0.4, -0.2) is 59.1 Å². The highest BCUT2D eigenvalue weighted by atomic mass is 35.5. The molecule has 0 atom stereocenters. The van der Waals surface area contributed by atoms with Crippen molar-refractivity contribution in [2.24, 2.45) is 0 Å². The fourth-order valence-corrected chi connectivity index (χ4v) is 4.83. The van der Waals surface area contributed by atoms with Crippen LogP contribution < -0.4 is 4.90 Å². The van der Waals surface area contributed by atoms with Crippen molar-refractivity contribution in [1.82, 2.24) is 14.7 Å². The Balaban J connectivity index is 1.38. The number of rotatable bonds is 7. The number of piperazine rings is 1. The quantitative estimate of drug-likeness (QED) is 0.638. The molecule has 0 unspecified atom stereocenters. The van der Waals surface area contributed by atoms with Crippen molar-refractivity contribution in [3.63, 3.8) is 0 Å². The minimum absolute atomic E-state index is 0.101. The Bertz CT molecular complexity index is 888. The number of hydrogen-bond acceptors (Lipinski definition) is 5. The van der Waals surface area contributed by atoms with E-state index in [1.54, 1.807) is 11.3 Å². The molecule has 1 aliphatic rings. The van der Waals surface area contributed by atoms with E-state index in [1.807, 2.05) is 29.1 Å². The third-order valence-electron chi connectivity index (χ3n) is 5.24. The zero-order chi connectivity index (χ0) is 19.3. The Morgan fingerprint density at radius 1 is 1.04 bits per heavy atom. The van der Waals surface area contributed by atoms with E-state index in [-0.39, 0.29) is 6.61 Å². The minimum atomic E-state index is 0.101. The van der Waals surface area contributed by atoms with E-state index >= 15 is 0 Å². The molecular weight excluding hydrogens is 392 g/mol. The van der Waals surface area contributed by atoms with Crippen LogP contribution in [0.1, 0.15) is 5.56 Å². The maximum absolute atomic E-state index is 9.34. The van der Waals surface area contributed by atoms with Gasteiger partial charge in [-0.25, -0.2) is 0 Å². The van der Waals surface area contributed by atoms with Gasteiger partial charge in [0.1, 0.15) is 0 Å². The van der Waals surface area contributed by atoms with Crippen LogP contribution in [-0.2, 0) is 13.0 Å². The molecule has 148 valence electrons. The summed E-state index contributed by atoms with van der Waals surface area (Å²) in [6.45, 7) is 5.69. The molecule has 0 spiro atoms. The van der Waals surface area contributed by atoms with Crippen LogP contribution in [0.4, 0.5) is 5.69 Å². The van der Waals surface area contributed by atoms with Crippen LogP contribution in [0, 0.1) is 0 Å². The maximum Gasteiger partial charge on any atom is 0.0815 e. The first-order valence-corrected chi connectivity index (χ1v) is 10.9. The summed E-state index contributed by atoms with van der Waals surface area (Å²) >= 11 is 8.07. The van der Waals surface area contributed by atoms with Gasteiger partial charge in [0.25, 0.3) is 0 Å². The van der Waals surface area contributed by atoms with Crippen LogP contribution in [0.3, 0.4) is 0 Å². The van der Waals surface area contributed by atoms with Gasteiger partial charge < -0.3 is 10.0 Å². The predicted molar refractivity (Wildman–Crippen MR) is 116 cm³/mol. The van der Waals surface area contributed by atoms with Crippen molar-refractivity contribution in [3.8, 4) is 10.6 Å². The molecule has 1 fully saturated rings. The number of aliphatic hydroxyl groups is 1. The van der Waals surface area contributed by atoms with Gasteiger partial charge in [0.15, 0.2) is 0 Å². The Labute approximate surface area is 174 Å². The fraction of sp³-hybridized carbons (Fsp3) is 0.381. The molecule has 0 saturated carbocycles. The molecule has 1 aliphatic heterocycles. The van der Waals surface area contributed by atoms with Gasteiger partial charge in [-0.05, 0) is 30.0 Å². The monoisotopic (exact) mass is 416 g/mol. The second-order valence-electron chi connectivity index (χ2n) is 6.97. The first-order chi connectivity index (χ1) is 13.8. The van der Waals surface area contributed by atoms with Crippen molar-refractivity contribution >= 4 is 28.6 Å². The lowest BCUT2D eigenvalue weighted by Gasteiger charge is -2.36. The van der Waals surface area contributed by atoms with Crippen LogP contribution in [0.2, 0.25) is 5.02 Å². The average molecular weight is 417 g/mol. The molecule has 0 aliphatic carbocycles. The number of thiophene rings is 1. The van der Waals surface area contributed by atoms with E-state index < -0.39 is 0 Å². The van der Waals surface area contributed by atoms with Crippen LogP contribution in [0.15, 0.2) is 48.0 Å². The average Bonchev–Trinajstić information content (AvgIpc) is 3.37. The SMILES string of the molecule is OCCn1ncc(CCN2CCN(c3ccccc3Cl)CC2)c1-c1cccs1. The highest BCUT2D eigenvalue weighted by Crippen LogP contribution is 2.29. The Hall–Kier alpha value is -1.86. The molecule has 5 nitrogen and oxygen atoms in total. The summed E-state index contributed by atoms with van der Waals surface area (Å²) in [4.78, 5) is 6.09. The van der Waals surface area contributed by atoms with Gasteiger partial charge in [0, 0.05) is 38.3 Å². The van der Waals surface area contributed by atoms with Gasteiger partial charge in [0.2, 0.25) is 0 Å². The molecule has 0 amide bonds. The van der Waals surface area contributed by atoms with Gasteiger partial charge in [-0.3, -0.25) is 9.58 Å². The third kappa shape index (κ3) is 4.25. The first kappa shape index (κ1) is 19.5.